The number of hydrogen-bond donors (Lipinski definition) is 5. The van der Waals surface area contributed by atoms with Gasteiger partial charge in [-0.15, -0.1) is 0 Å². The number of phenolic OH excluding ortho intramolecular Hbond substituents is 1. The fraction of sp³-hybridized carbons (Fsp3) is 0.469. The molecule has 6 N–H and O–H groups in total. The van der Waals surface area contributed by atoms with Gasteiger partial charge in [0.05, 0.1) is 11.7 Å². The van der Waals surface area contributed by atoms with Gasteiger partial charge in [-0.1, -0.05) is 30.3 Å². The van der Waals surface area contributed by atoms with Crippen molar-refractivity contribution in [2.24, 2.45) is 23.5 Å². The van der Waals surface area contributed by atoms with Crippen LogP contribution in [0.25, 0.3) is 11.1 Å². The largest absolute Gasteiger partial charge is 0.508 e. The van der Waals surface area contributed by atoms with E-state index in [1.54, 1.807) is 25.1 Å². The number of aliphatic hydroxyl groups is 3. The van der Waals surface area contributed by atoms with Gasteiger partial charge in [0.1, 0.15) is 17.4 Å². The Bertz CT molecular complexity index is 1490. The molecule has 2 aromatic rings. The molecule has 1 saturated heterocycles. The molecule has 1 amide bonds. The van der Waals surface area contributed by atoms with Gasteiger partial charge in [0, 0.05) is 24.1 Å². The van der Waals surface area contributed by atoms with E-state index in [0.717, 1.165) is 30.8 Å². The second-order valence-corrected chi connectivity index (χ2v) is 12.5. The molecule has 6 atom stereocenters. The van der Waals surface area contributed by atoms with Crippen molar-refractivity contribution in [1.82, 2.24) is 9.80 Å². The molecule has 10 nitrogen and oxygen atoms in total. The zero-order valence-corrected chi connectivity index (χ0v) is 23.8. The minimum Gasteiger partial charge on any atom is -0.508 e. The molecule has 222 valence electrons. The zero-order valence-electron chi connectivity index (χ0n) is 23.8. The number of likely N-dealkylation sites (N-methyl/N-ethyl adjacent to an activating group) is 1. The van der Waals surface area contributed by atoms with Crippen molar-refractivity contribution < 1.29 is 34.8 Å². The minimum atomic E-state index is -2.59. The SMILES string of the molecule is CN(C)C1C(O)C(C(N)=O)C(=O)[C@@]2(O)C(O)=C3C(=O)c4c(O)ccc(-c5ccc(CN6CCCC6)cc5)c4C[C@H]3C[C@@H]12. The highest BCUT2D eigenvalue weighted by Gasteiger charge is 2.66. The summed E-state index contributed by atoms with van der Waals surface area (Å²) in [5.41, 5.74) is 6.20. The van der Waals surface area contributed by atoms with Crippen LogP contribution in [-0.4, -0.2) is 92.6 Å². The number of carbonyl (C=O) groups is 3. The molecular formula is C32H37N3O7. The van der Waals surface area contributed by atoms with Crippen molar-refractivity contribution in [2.45, 2.75) is 50.0 Å². The highest BCUT2D eigenvalue weighted by molar-refractivity contribution is 6.16. The summed E-state index contributed by atoms with van der Waals surface area (Å²) in [6, 6.07) is 10.5. The van der Waals surface area contributed by atoms with Crippen molar-refractivity contribution in [1.29, 1.82) is 0 Å². The van der Waals surface area contributed by atoms with Crippen LogP contribution in [0.5, 0.6) is 5.75 Å². The maximum atomic E-state index is 14.0. The quantitative estimate of drug-likeness (QED) is 0.333. The number of ketones is 2. The second-order valence-electron chi connectivity index (χ2n) is 12.5. The van der Waals surface area contributed by atoms with Gasteiger partial charge in [-0.25, -0.2) is 0 Å². The number of rotatable bonds is 5. The number of aromatic hydroxyl groups is 1. The van der Waals surface area contributed by atoms with E-state index in [1.807, 2.05) is 12.1 Å². The Kier molecular flexibility index (Phi) is 7.00. The number of phenols is 1. The summed E-state index contributed by atoms with van der Waals surface area (Å²) in [5, 5.41) is 45.2. The number of Topliss-reactive ketones (excluding diaryl/α,β-unsaturated/α-hetero) is 2. The third-order valence-corrected chi connectivity index (χ3v) is 9.85. The molecule has 2 fully saturated rings. The lowest BCUT2D eigenvalue weighted by Gasteiger charge is -2.53. The van der Waals surface area contributed by atoms with Crippen molar-refractivity contribution in [3.05, 3.63) is 64.4 Å². The number of aliphatic hydroxyl groups excluding tert-OH is 2. The second kappa shape index (κ2) is 10.3. The van der Waals surface area contributed by atoms with Crippen LogP contribution in [0.1, 0.15) is 40.7 Å². The monoisotopic (exact) mass is 575 g/mol. The summed E-state index contributed by atoms with van der Waals surface area (Å²) < 4.78 is 0. The van der Waals surface area contributed by atoms with Gasteiger partial charge < -0.3 is 31.1 Å². The van der Waals surface area contributed by atoms with Crippen LogP contribution in [0.3, 0.4) is 0 Å². The van der Waals surface area contributed by atoms with Crippen molar-refractivity contribution in [2.75, 3.05) is 27.2 Å². The number of nitrogens with two attached hydrogens (primary N) is 1. The van der Waals surface area contributed by atoms with E-state index in [-0.39, 0.29) is 29.7 Å². The van der Waals surface area contributed by atoms with Crippen LogP contribution >= 0.6 is 0 Å². The lowest BCUT2D eigenvalue weighted by molar-refractivity contribution is -0.178. The minimum absolute atomic E-state index is 0.0207. The molecule has 0 aromatic heterocycles. The fourth-order valence-corrected chi connectivity index (χ4v) is 7.86. The molecule has 6 rings (SSSR count). The molecule has 2 aromatic carbocycles. The first-order chi connectivity index (χ1) is 19.9. The Morgan fingerprint density at radius 3 is 2.36 bits per heavy atom. The number of primary amides is 1. The molecule has 1 aliphatic heterocycles. The number of nitrogens with zero attached hydrogens (tertiary/aromatic N) is 2. The number of hydrogen-bond acceptors (Lipinski definition) is 9. The van der Waals surface area contributed by atoms with Gasteiger partial charge in [0.15, 0.2) is 17.2 Å². The molecule has 3 unspecified atom stereocenters. The van der Waals surface area contributed by atoms with Crippen LogP contribution < -0.4 is 5.73 Å². The van der Waals surface area contributed by atoms with E-state index in [0.29, 0.717) is 5.56 Å². The van der Waals surface area contributed by atoms with Crippen molar-refractivity contribution in [3.8, 4) is 16.9 Å². The smallest absolute Gasteiger partial charge is 0.230 e. The fourth-order valence-electron chi connectivity index (χ4n) is 7.86. The summed E-state index contributed by atoms with van der Waals surface area (Å²) in [4.78, 5) is 43.7. The zero-order chi connectivity index (χ0) is 30.1. The molecule has 42 heavy (non-hydrogen) atoms. The Balaban J connectivity index is 1.42. The summed E-state index contributed by atoms with van der Waals surface area (Å²) in [6.07, 6.45) is 1.27. The van der Waals surface area contributed by atoms with Crippen LogP contribution in [-0.2, 0) is 22.6 Å². The predicted molar refractivity (Wildman–Crippen MR) is 153 cm³/mol. The summed E-state index contributed by atoms with van der Waals surface area (Å²) in [5.74, 6) is -7.39. The van der Waals surface area contributed by atoms with Gasteiger partial charge >= 0.3 is 0 Å². The molecule has 4 aliphatic rings. The van der Waals surface area contributed by atoms with Gasteiger partial charge in [-0.3, -0.25) is 19.3 Å². The lowest BCUT2D eigenvalue weighted by Crippen LogP contribution is -2.71. The number of fused-ring (bicyclic) bond motifs is 3. The maximum Gasteiger partial charge on any atom is 0.230 e. The van der Waals surface area contributed by atoms with Gasteiger partial charge in [-0.2, -0.15) is 0 Å². The molecule has 0 spiro atoms. The van der Waals surface area contributed by atoms with Crippen LogP contribution in [0, 0.1) is 17.8 Å². The molecular weight excluding hydrogens is 538 g/mol. The Morgan fingerprint density at radius 2 is 1.74 bits per heavy atom. The average molecular weight is 576 g/mol. The topological polar surface area (TPSA) is 165 Å². The first-order valence-corrected chi connectivity index (χ1v) is 14.5. The Labute approximate surface area is 244 Å². The van der Waals surface area contributed by atoms with E-state index < -0.39 is 58.7 Å². The van der Waals surface area contributed by atoms with E-state index in [1.165, 1.54) is 24.5 Å². The molecule has 1 heterocycles. The van der Waals surface area contributed by atoms with Crippen molar-refractivity contribution in [3.63, 3.8) is 0 Å². The Morgan fingerprint density at radius 1 is 1.07 bits per heavy atom. The highest BCUT2D eigenvalue weighted by atomic mass is 16.3. The van der Waals surface area contributed by atoms with Crippen LogP contribution in [0.4, 0.5) is 0 Å². The first-order valence-electron chi connectivity index (χ1n) is 14.5. The third kappa shape index (κ3) is 4.19. The van der Waals surface area contributed by atoms with Gasteiger partial charge in [0.25, 0.3) is 0 Å². The number of carbonyl (C=O) groups excluding carboxylic acids is 3. The number of likely N-dealkylation sites (tertiary alicyclic amines) is 1. The van der Waals surface area contributed by atoms with Crippen LogP contribution in [0.2, 0.25) is 0 Å². The molecule has 3 aliphatic carbocycles. The third-order valence-electron chi connectivity index (χ3n) is 9.85. The van der Waals surface area contributed by atoms with Crippen LogP contribution in [0.15, 0.2) is 47.7 Å². The van der Waals surface area contributed by atoms with E-state index in [4.69, 9.17) is 5.73 Å². The molecule has 0 radical (unpaired) electrons. The van der Waals surface area contributed by atoms with E-state index in [9.17, 15) is 34.8 Å². The summed E-state index contributed by atoms with van der Waals surface area (Å²) >= 11 is 0. The maximum absolute atomic E-state index is 14.0. The van der Waals surface area contributed by atoms with E-state index >= 15 is 0 Å². The molecule has 0 bridgehead atoms. The lowest BCUT2D eigenvalue weighted by atomic mass is 9.55. The highest BCUT2D eigenvalue weighted by Crippen LogP contribution is 2.53. The van der Waals surface area contributed by atoms with Gasteiger partial charge in [-0.05, 0) is 87.1 Å². The summed E-state index contributed by atoms with van der Waals surface area (Å²) in [6.45, 7) is 3.06. The van der Waals surface area contributed by atoms with E-state index in [2.05, 4.69) is 17.0 Å². The Hall–Kier alpha value is -3.57. The first kappa shape index (κ1) is 28.5. The number of amides is 1. The number of allylic oxidation sites excluding steroid dienone is 1. The predicted octanol–water partition coefficient (Wildman–Crippen LogP) is 1.55. The normalized spacial score (nSPS) is 31.2. The average Bonchev–Trinajstić information content (AvgIpc) is 3.44. The van der Waals surface area contributed by atoms with Crippen molar-refractivity contribution >= 4 is 17.5 Å². The van der Waals surface area contributed by atoms with Gasteiger partial charge in [0.2, 0.25) is 5.91 Å². The molecule has 1 saturated carbocycles. The molecule has 10 heteroatoms. The number of benzene rings is 2. The summed E-state index contributed by atoms with van der Waals surface area (Å²) in [7, 11) is 3.28. The standard InChI is InChI=1S/C32H37N3O7/c1-34(2)26-21-14-18-13-20-19(17-7-5-16(6-8-17)15-35-11-3-4-12-35)9-10-22(36)24(20)27(37)23(18)29(39)32(21,42)30(40)25(28(26)38)31(33)41/h5-10,18,21,25-26,28,36,38-39,42H,3-4,11-15H2,1-2H3,(H2,33,41)/t18-,21-,25?,26?,28?,32-/m0/s1.